The summed E-state index contributed by atoms with van der Waals surface area (Å²) in [6.07, 6.45) is 0. The van der Waals surface area contributed by atoms with Crippen LogP contribution >= 0.6 is 0 Å². The van der Waals surface area contributed by atoms with Gasteiger partial charge in [-0.2, -0.15) is 0 Å². The van der Waals surface area contributed by atoms with Crippen molar-refractivity contribution >= 4 is 5.69 Å². The number of pyridine rings is 1. The SMILES string of the molecule is Cc1cccc(CN(C)c2cc(C)c(F)cc2C(C)N)n1. The molecule has 0 aliphatic heterocycles. The highest BCUT2D eigenvalue weighted by atomic mass is 19.1. The average Bonchev–Trinajstić information content (AvgIpc) is 2.41. The van der Waals surface area contributed by atoms with E-state index in [1.165, 1.54) is 6.07 Å². The molecule has 1 aromatic carbocycles. The molecule has 1 aromatic heterocycles. The normalized spacial score (nSPS) is 12.3. The molecule has 0 amide bonds. The Morgan fingerprint density at radius 3 is 2.62 bits per heavy atom. The first-order chi connectivity index (χ1) is 9.88. The van der Waals surface area contributed by atoms with E-state index in [1.54, 1.807) is 6.92 Å². The van der Waals surface area contributed by atoms with E-state index in [0.29, 0.717) is 12.1 Å². The number of aromatic nitrogens is 1. The van der Waals surface area contributed by atoms with Gasteiger partial charge in [0.15, 0.2) is 0 Å². The van der Waals surface area contributed by atoms with Crippen molar-refractivity contribution in [3.8, 4) is 0 Å². The van der Waals surface area contributed by atoms with E-state index in [1.807, 2.05) is 45.2 Å². The second-order valence-electron chi connectivity index (χ2n) is 5.58. The molecule has 112 valence electrons. The Labute approximate surface area is 125 Å². The first kappa shape index (κ1) is 15.4. The van der Waals surface area contributed by atoms with Gasteiger partial charge in [0.25, 0.3) is 0 Å². The third-order valence-electron chi connectivity index (χ3n) is 3.55. The standard InChI is InChI=1S/C17H22FN3/c1-11-8-17(15(13(3)19)9-16(11)18)21(4)10-14-7-5-6-12(2)20-14/h5-9,13H,10,19H2,1-4H3. The van der Waals surface area contributed by atoms with Gasteiger partial charge in [-0.15, -0.1) is 0 Å². The molecule has 1 unspecified atom stereocenters. The largest absolute Gasteiger partial charge is 0.368 e. The molecular formula is C17H22FN3. The van der Waals surface area contributed by atoms with Crippen LogP contribution in [0.3, 0.4) is 0 Å². The van der Waals surface area contributed by atoms with Gasteiger partial charge >= 0.3 is 0 Å². The molecule has 0 saturated carbocycles. The Kier molecular flexibility index (Phi) is 4.58. The third kappa shape index (κ3) is 3.58. The Balaban J connectivity index is 2.34. The van der Waals surface area contributed by atoms with E-state index in [-0.39, 0.29) is 11.9 Å². The highest BCUT2D eigenvalue weighted by Crippen LogP contribution is 2.28. The van der Waals surface area contributed by atoms with Crippen LogP contribution in [0.4, 0.5) is 10.1 Å². The first-order valence-corrected chi connectivity index (χ1v) is 7.07. The fourth-order valence-electron chi connectivity index (χ4n) is 2.39. The van der Waals surface area contributed by atoms with E-state index in [4.69, 9.17) is 5.73 Å². The van der Waals surface area contributed by atoms with Crippen molar-refractivity contribution in [3.05, 3.63) is 58.7 Å². The molecule has 21 heavy (non-hydrogen) atoms. The van der Waals surface area contributed by atoms with Crippen molar-refractivity contribution in [1.82, 2.24) is 4.98 Å². The summed E-state index contributed by atoms with van der Waals surface area (Å²) in [7, 11) is 1.97. The van der Waals surface area contributed by atoms with Crippen molar-refractivity contribution < 1.29 is 4.39 Å². The minimum Gasteiger partial charge on any atom is -0.368 e. The van der Waals surface area contributed by atoms with Gasteiger partial charge in [0.2, 0.25) is 0 Å². The highest BCUT2D eigenvalue weighted by Gasteiger charge is 2.14. The lowest BCUT2D eigenvalue weighted by molar-refractivity contribution is 0.612. The topological polar surface area (TPSA) is 42.1 Å². The van der Waals surface area contributed by atoms with E-state index >= 15 is 0 Å². The van der Waals surface area contributed by atoms with Gasteiger partial charge in [-0.1, -0.05) is 6.07 Å². The number of hydrogen-bond donors (Lipinski definition) is 1. The Morgan fingerprint density at radius 1 is 1.29 bits per heavy atom. The van der Waals surface area contributed by atoms with Crippen LogP contribution in [-0.4, -0.2) is 12.0 Å². The number of nitrogens with two attached hydrogens (primary N) is 1. The number of benzene rings is 1. The van der Waals surface area contributed by atoms with E-state index < -0.39 is 0 Å². The molecule has 0 aliphatic carbocycles. The van der Waals surface area contributed by atoms with Crippen LogP contribution in [0.15, 0.2) is 30.3 Å². The lowest BCUT2D eigenvalue weighted by Crippen LogP contribution is -2.21. The molecular weight excluding hydrogens is 265 g/mol. The van der Waals surface area contributed by atoms with Gasteiger partial charge in [0.1, 0.15) is 5.82 Å². The fraction of sp³-hybridized carbons (Fsp3) is 0.353. The third-order valence-corrected chi connectivity index (χ3v) is 3.55. The summed E-state index contributed by atoms with van der Waals surface area (Å²) in [5, 5.41) is 0. The molecule has 2 aromatic rings. The van der Waals surface area contributed by atoms with Crippen LogP contribution in [0.25, 0.3) is 0 Å². The monoisotopic (exact) mass is 287 g/mol. The maximum Gasteiger partial charge on any atom is 0.126 e. The molecule has 0 radical (unpaired) electrons. The fourth-order valence-corrected chi connectivity index (χ4v) is 2.39. The Bertz CT molecular complexity index is 638. The molecule has 0 saturated heterocycles. The minimum absolute atomic E-state index is 0.215. The number of halogens is 1. The zero-order chi connectivity index (χ0) is 15.6. The Hall–Kier alpha value is -1.94. The van der Waals surface area contributed by atoms with Crippen molar-refractivity contribution in [2.24, 2.45) is 5.73 Å². The summed E-state index contributed by atoms with van der Waals surface area (Å²) in [5.74, 6) is -0.215. The van der Waals surface area contributed by atoms with Crippen LogP contribution in [0.1, 0.15) is 35.5 Å². The Morgan fingerprint density at radius 2 is 2.00 bits per heavy atom. The lowest BCUT2D eigenvalue weighted by Gasteiger charge is -2.24. The quantitative estimate of drug-likeness (QED) is 0.936. The number of hydrogen-bond acceptors (Lipinski definition) is 3. The summed E-state index contributed by atoms with van der Waals surface area (Å²) in [6.45, 7) is 6.26. The van der Waals surface area contributed by atoms with Crippen LogP contribution in [0, 0.1) is 19.7 Å². The van der Waals surface area contributed by atoms with E-state index in [9.17, 15) is 4.39 Å². The predicted octanol–water partition coefficient (Wildman–Crippen LogP) is 3.49. The zero-order valence-electron chi connectivity index (χ0n) is 13.0. The van der Waals surface area contributed by atoms with Crippen molar-refractivity contribution in [2.45, 2.75) is 33.4 Å². The molecule has 1 heterocycles. The molecule has 1 atom stereocenters. The van der Waals surface area contributed by atoms with Gasteiger partial charge < -0.3 is 10.6 Å². The number of rotatable bonds is 4. The van der Waals surface area contributed by atoms with Crippen LogP contribution in [0.5, 0.6) is 0 Å². The van der Waals surface area contributed by atoms with E-state index in [2.05, 4.69) is 9.88 Å². The summed E-state index contributed by atoms with van der Waals surface area (Å²) in [4.78, 5) is 6.57. The molecule has 0 spiro atoms. The predicted molar refractivity (Wildman–Crippen MR) is 84.8 cm³/mol. The summed E-state index contributed by atoms with van der Waals surface area (Å²) in [6, 6.07) is 9.13. The molecule has 0 bridgehead atoms. The van der Waals surface area contributed by atoms with Gasteiger partial charge in [-0.3, -0.25) is 4.98 Å². The van der Waals surface area contributed by atoms with Crippen molar-refractivity contribution in [2.75, 3.05) is 11.9 Å². The second-order valence-corrected chi connectivity index (χ2v) is 5.58. The van der Waals surface area contributed by atoms with Gasteiger partial charge in [-0.25, -0.2) is 4.39 Å². The summed E-state index contributed by atoms with van der Waals surface area (Å²) < 4.78 is 13.8. The van der Waals surface area contributed by atoms with Gasteiger partial charge in [0.05, 0.1) is 12.2 Å². The highest BCUT2D eigenvalue weighted by molar-refractivity contribution is 5.56. The smallest absolute Gasteiger partial charge is 0.126 e. The van der Waals surface area contributed by atoms with Gasteiger partial charge in [-0.05, 0) is 56.2 Å². The number of aryl methyl sites for hydroxylation is 2. The van der Waals surface area contributed by atoms with Crippen LogP contribution < -0.4 is 10.6 Å². The molecule has 3 nitrogen and oxygen atoms in total. The van der Waals surface area contributed by atoms with E-state index in [0.717, 1.165) is 22.6 Å². The number of anilines is 1. The maximum absolute atomic E-state index is 13.8. The van der Waals surface area contributed by atoms with Crippen molar-refractivity contribution in [1.29, 1.82) is 0 Å². The molecule has 0 fully saturated rings. The number of nitrogens with zero attached hydrogens (tertiary/aromatic N) is 2. The van der Waals surface area contributed by atoms with Crippen LogP contribution in [0.2, 0.25) is 0 Å². The minimum atomic E-state index is -0.219. The molecule has 2 N–H and O–H groups in total. The second kappa shape index (κ2) is 6.22. The van der Waals surface area contributed by atoms with Crippen molar-refractivity contribution in [3.63, 3.8) is 0 Å². The zero-order valence-corrected chi connectivity index (χ0v) is 13.0. The lowest BCUT2D eigenvalue weighted by atomic mass is 10.0. The summed E-state index contributed by atoms with van der Waals surface area (Å²) in [5.41, 5.74) is 10.3. The molecule has 4 heteroatoms. The summed E-state index contributed by atoms with van der Waals surface area (Å²) >= 11 is 0. The maximum atomic E-state index is 13.8. The van der Waals surface area contributed by atoms with Gasteiger partial charge in [0, 0.05) is 24.5 Å². The van der Waals surface area contributed by atoms with Crippen LogP contribution in [-0.2, 0) is 6.54 Å². The first-order valence-electron chi connectivity index (χ1n) is 7.07. The molecule has 0 aliphatic rings. The molecule has 2 rings (SSSR count). The average molecular weight is 287 g/mol.